The molecule has 1 aromatic rings. The number of rotatable bonds is 0. The Kier molecular flexibility index (Phi) is 4.23. The maximum Gasteiger partial charge on any atom is 0.0208 e. The van der Waals surface area contributed by atoms with Crippen molar-refractivity contribution in [3.63, 3.8) is 0 Å². The van der Waals surface area contributed by atoms with Gasteiger partial charge in [-0.15, -0.1) is 12.4 Å². The highest BCUT2D eigenvalue weighted by Gasteiger charge is 2.06. The number of benzene rings is 1. The van der Waals surface area contributed by atoms with Crippen LogP contribution in [0.3, 0.4) is 0 Å². The predicted octanol–water partition coefficient (Wildman–Crippen LogP) is 2.91. The molecular formula is C10H13BrClN. The van der Waals surface area contributed by atoms with E-state index in [0.29, 0.717) is 0 Å². The molecule has 0 saturated carbocycles. The summed E-state index contributed by atoms with van der Waals surface area (Å²) in [5.74, 6) is 0. The molecule has 1 N–H and O–H groups in total. The third-order valence-corrected chi connectivity index (χ3v) is 2.78. The minimum Gasteiger partial charge on any atom is -0.313 e. The van der Waals surface area contributed by atoms with E-state index in [0.717, 1.165) is 13.1 Å². The van der Waals surface area contributed by atoms with Crippen molar-refractivity contribution in [3.05, 3.63) is 33.8 Å². The van der Waals surface area contributed by atoms with Gasteiger partial charge in [-0.3, -0.25) is 0 Å². The lowest BCUT2D eigenvalue weighted by Crippen LogP contribution is -2.11. The summed E-state index contributed by atoms with van der Waals surface area (Å²) in [7, 11) is 0. The average Bonchev–Trinajstić information content (AvgIpc) is 2.28. The van der Waals surface area contributed by atoms with Gasteiger partial charge in [0.05, 0.1) is 0 Å². The van der Waals surface area contributed by atoms with Crippen LogP contribution in [0, 0.1) is 0 Å². The van der Waals surface area contributed by atoms with E-state index in [-0.39, 0.29) is 12.4 Å². The summed E-state index contributed by atoms with van der Waals surface area (Å²) < 4.78 is 1.20. The zero-order valence-electron chi connectivity index (χ0n) is 7.35. The SMILES string of the molecule is Brc1ccc2c(c1)CCCNC2.Cl. The second-order valence-electron chi connectivity index (χ2n) is 3.19. The number of hydrogen-bond donors (Lipinski definition) is 1. The largest absolute Gasteiger partial charge is 0.313 e. The lowest BCUT2D eigenvalue weighted by Gasteiger charge is -2.04. The first kappa shape index (κ1) is 11.0. The van der Waals surface area contributed by atoms with Gasteiger partial charge in [0.1, 0.15) is 0 Å². The van der Waals surface area contributed by atoms with Gasteiger partial charge in [-0.05, 0) is 42.6 Å². The number of hydrogen-bond acceptors (Lipinski definition) is 1. The Morgan fingerprint density at radius 2 is 2.08 bits per heavy atom. The first-order valence-corrected chi connectivity index (χ1v) is 5.13. The lowest BCUT2D eigenvalue weighted by molar-refractivity contribution is 0.681. The van der Waals surface area contributed by atoms with Crippen molar-refractivity contribution in [2.75, 3.05) is 6.54 Å². The number of halogens is 2. The summed E-state index contributed by atoms with van der Waals surface area (Å²) in [5, 5.41) is 3.41. The molecule has 0 radical (unpaired) electrons. The van der Waals surface area contributed by atoms with Gasteiger partial charge in [0, 0.05) is 11.0 Å². The molecule has 1 aliphatic rings. The van der Waals surface area contributed by atoms with Crippen molar-refractivity contribution in [3.8, 4) is 0 Å². The fourth-order valence-electron chi connectivity index (χ4n) is 1.63. The molecular weight excluding hydrogens is 249 g/mol. The number of fused-ring (bicyclic) bond motifs is 1. The summed E-state index contributed by atoms with van der Waals surface area (Å²) in [6.45, 7) is 2.18. The summed E-state index contributed by atoms with van der Waals surface area (Å²) >= 11 is 3.50. The normalized spacial score (nSPS) is 15.5. The minimum absolute atomic E-state index is 0. The maximum atomic E-state index is 3.50. The minimum atomic E-state index is 0. The molecule has 0 bridgehead atoms. The molecule has 0 aliphatic carbocycles. The van der Waals surface area contributed by atoms with Crippen LogP contribution in [0.4, 0.5) is 0 Å². The Hall–Kier alpha value is -0.0500. The molecule has 2 rings (SSSR count). The molecule has 1 aromatic carbocycles. The average molecular weight is 263 g/mol. The van der Waals surface area contributed by atoms with Gasteiger partial charge in [0.2, 0.25) is 0 Å². The molecule has 1 nitrogen and oxygen atoms in total. The molecule has 0 aromatic heterocycles. The second kappa shape index (κ2) is 4.99. The van der Waals surface area contributed by atoms with E-state index in [1.54, 1.807) is 0 Å². The number of nitrogens with one attached hydrogen (secondary N) is 1. The lowest BCUT2D eigenvalue weighted by atomic mass is 10.0. The molecule has 3 heteroatoms. The Bertz CT molecular complexity index is 288. The molecule has 1 aliphatic heterocycles. The summed E-state index contributed by atoms with van der Waals surface area (Å²) in [6, 6.07) is 6.56. The van der Waals surface area contributed by atoms with Crippen LogP contribution in [-0.4, -0.2) is 6.54 Å². The molecule has 0 atom stereocenters. The van der Waals surface area contributed by atoms with Crippen LogP contribution < -0.4 is 5.32 Å². The molecule has 0 amide bonds. The summed E-state index contributed by atoms with van der Waals surface area (Å²) in [4.78, 5) is 0. The van der Waals surface area contributed by atoms with E-state index < -0.39 is 0 Å². The van der Waals surface area contributed by atoms with Crippen molar-refractivity contribution in [2.45, 2.75) is 19.4 Å². The standard InChI is InChI=1S/C10H12BrN.ClH/c11-10-4-3-9-7-12-5-1-2-8(9)6-10;/h3-4,6,12H,1-2,5,7H2;1H. The van der Waals surface area contributed by atoms with E-state index in [1.165, 1.54) is 28.4 Å². The van der Waals surface area contributed by atoms with Crippen LogP contribution in [0.1, 0.15) is 17.5 Å². The topological polar surface area (TPSA) is 12.0 Å². The van der Waals surface area contributed by atoms with Crippen LogP contribution in [0.25, 0.3) is 0 Å². The highest BCUT2D eigenvalue weighted by atomic mass is 79.9. The Balaban J connectivity index is 0.000000845. The molecule has 0 unspecified atom stereocenters. The van der Waals surface area contributed by atoms with Crippen LogP contribution >= 0.6 is 28.3 Å². The summed E-state index contributed by atoms with van der Waals surface area (Å²) in [6.07, 6.45) is 2.46. The monoisotopic (exact) mass is 261 g/mol. The van der Waals surface area contributed by atoms with Gasteiger partial charge < -0.3 is 5.32 Å². The molecule has 0 spiro atoms. The quantitative estimate of drug-likeness (QED) is 0.758. The van der Waals surface area contributed by atoms with Gasteiger partial charge in [-0.2, -0.15) is 0 Å². The highest BCUT2D eigenvalue weighted by Crippen LogP contribution is 2.19. The second-order valence-corrected chi connectivity index (χ2v) is 4.11. The van der Waals surface area contributed by atoms with Crippen LogP contribution in [0.5, 0.6) is 0 Å². The zero-order chi connectivity index (χ0) is 8.39. The third-order valence-electron chi connectivity index (χ3n) is 2.28. The highest BCUT2D eigenvalue weighted by molar-refractivity contribution is 9.10. The smallest absolute Gasteiger partial charge is 0.0208 e. The fourth-order valence-corrected chi connectivity index (χ4v) is 2.04. The summed E-state index contributed by atoms with van der Waals surface area (Å²) in [5.41, 5.74) is 2.95. The molecule has 0 saturated heterocycles. The fraction of sp³-hybridized carbons (Fsp3) is 0.400. The third kappa shape index (κ3) is 2.70. The van der Waals surface area contributed by atoms with Gasteiger partial charge in [-0.25, -0.2) is 0 Å². The van der Waals surface area contributed by atoms with Crippen LogP contribution in [-0.2, 0) is 13.0 Å². The van der Waals surface area contributed by atoms with Gasteiger partial charge in [-0.1, -0.05) is 22.0 Å². The van der Waals surface area contributed by atoms with Gasteiger partial charge in [0.15, 0.2) is 0 Å². The molecule has 13 heavy (non-hydrogen) atoms. The van der Waals surface area contributed by atoms with Gasteiger partial charge in [0.25, 0.3) is 0 Å². The van der Waals surface area contributed by atoms with Crippen LogP contribution in [0.15, 0.2) is 22.7 Å². The van der Waals surface area contributed by atoms with Crippen molar-refractivity contribution in [1.82, 2.24) is 5.32 Å². The Morgan fingerprint density at radius 3 is 2.92 bits per heavy atom. The number of aryl methyl sites for hydroxylation is 1. The Morgan fingerprint density at radius 1 is 1.23 bits per heavy atom. The van der Waals surface area contributed by atoms with E-state index in [4.69, 9.17) is 0 Å². The van der Waals surface area contributed by atoms with Crippen molar-refractivity contribution in [2.24, 2.45) is 0 Å². The zero-order valence-corrected chi connectivity index (χ0v) is 9.75. The predicted molar refractivity (Wildman–Crippen MR) is 61.4 cm³/mol. The van der Waals surface area contributed by atoms with E-state index in [1.807, 2.05) is 0 Å². The van der Waals surface area contributed by atoms with Crippen molar-refractivity contribution in [1.29, 1.82) is 0 Å². The molecule has 1 heterocycles. The van der Waals surface area contributed by atoms with E-state index in [9.17, 15) is 0 Å². The molecule has 0 fully saturated rings. The van der Waals surface area contributed by atoms with Crippen LogP contribution in [0.2, 0.25) is 0 Å². The first-order valence-electron chi connectivity index (χ1n) is 4.34. The molecule has 72 valence electrons. The van der Waals surface area contributed by atoms with Crippen molar-refractivity contribution >= 4 is 28.3 Å². The first-order chi connectivity index (χ1) is 5.86. The maximum absolute atomic E-state index is 3.50. The van der Waals surface area contributed by atoms with E-state index >= 15 is 0 Å². The van der Waals surface area contributed by atoms with E-state index in [2.05, 4.69) is 39.4 Å². The van der Waals surface area contributed by atoms with Crippen molar-refractivity contribution < 1.29 is 0 Å². The Labute approximate surface area is 93.5 Å². The van der Waals surface area contributed by atoms with Gasteiger partial charge >= 0.3 is 0 Å².